The van der Waals surface area contributed by atoms with E-state index in [4.69, 9.17) is 33.1 Å². The van der Waals surface area contributed by atoms with Crippen molar-refractivity contribution in [3.8, 4) is 0 Å². The molecule has 1 aliphatic carbocycles. The van der Waals surface area contributed by atoms with Crippen LogP contribution in [0.1, 0.15) is 32.1 Å². The quantitative estimate of drug-likeness (QED) is 0.165. The molecule has 7 nitrogen and oxygen atoms in total. The lowest BCUT2D eigenvalue weighted by Gasteiger charge is -2.23. The van der Waals surface area contributed by atoms with Gasteiger partial charge in [0.05, 0.1) is 0 Å². The van der Waals surface area contributed by atoms with E-state index in [9.17, 15) is 0 Å². The fraction of sp³-hybridized carbons (Fsp3) is 0.667. The van der Waals surface area contributed by atoms with Crippen LogP contribution in [0.3, 0.4) is 0 Å². The average molecular weight is 262 g/mol. The van der Waals surface area contributed by atoms with Crippen LogP contribution in [0.2, 0.25) is 0 Å². The monoisotopic (exact) mass is 262 g/mol. The minimum atomic E-state index is -1.83. The van der Waals surface area contributed by atoms with Crippen molar-refractivity contribution >= 4 is 29.8 Å². The third kappa shape index (κ3) is 10.7. The number of hydrogen-bond donors (Lipinski definition) is 5. The molecule has 0 heterocycles. The van der Waals surface area contributed by atoms with Gasteiger partial charge in [-0.1, -0.05) is 19.3 Å². The SMILES string of the molecule is N/N=C\NC(=S)NC1CCCCC1.O=C(O)O. The van der Waals surface area contributed by atoms with E-state index in [0.717, 1.165) is 0 Å². The summed E-state index contributed by atoms with van der Waals surface area (Å²) in [6.45, 7) is 0. The maximum absolute atomic E-state index is 8.56. The number of nitrogens with two attached hydrogens (primary N) is 1. The molecule has 17 heavy (non-hydrogen) atoms. The number of rotatable bonds is 2. The molecule has 0 unspecified atom stereocenters. The third-order valence-corrected chi connectivity index (χ3v) is 2.45. The van der Waals surface area contributed by atoms with Crippen molar-refractivity contribution in [2.45, 2.75) is 38.1 Å². The molecule has 0 aromatic rings. The van der Waals surface area contributed by atoms with E-state index in [-0.39, 0.29) is 0 Å². The number of hydrazone groups is 1. The van der Waals surface area contributed by atoms with E-state index in [1.807, 2.05) is 0 Å². The first kappa shape index (κ1) is 15.4. The van der Waals surface area contributed by atoms with Crippen LogP contribution in [0.25, 0.3) is 0 Å². The number of carboxylic acid groups (broad SMARTS) is 2. The molecule has 0 aliphatic heterocycles. The molecule has 0 amide bonds. The van der Waals surface area contributed by atoms with Gasteiger partial charge in [-0.05, 0) is 25.1 Å². The molecule has 0 saturated heterocycles. The zero-order valence-electron chi connectivity index (χ0n) is 9.43. The van der Waals surface area contributed by atoms with Gasteiger partial charge in [-0.2, -0.15) is 5.10 Å². The van der Waals surface area contributed by atoms with Crippen LogP contribution >= 0.6 is 12.2 Å². The van der Waals surface area contributed by atoms with Crippen LogP contribution in [0.15, 0.2) is 5.10 Å². The molecular weight excluding hydrogens is 244 g/mol. The fourth-order valence-electron chi connectivity index (χ4n) is 1.57. The van der Waals surface area contributed by atoms with Crippen molar-refractivity contribution < 1.29 is 15.0 Å². The van der Waals surface area contributed by atoms with Gasteiger partial charge in [0.25, 0.3) is 0 Å². The van der Waals surface area contributed by atoms with E-state index in [2.05, 4.69) is 15.7 Å². The predicted molar refractivity (Wildman–Crippen MR) is 69.1 cm³/mol. The average Bonchev–Trinajstić information content (AvgIpc) is 2.27. The molecule has 0 radical (unpaired) electrons. The number of carbonyl (C=O) groups is 1. The second-order valence-electron chi connectivity index (χ2n) is 3.51. The number of thiocarbonyl (C=S) groups is 1. The summed E-state index contributed by atoms with van der Waals surface area (Å²) >= 11 is 5.03. The Kier molecular flexibility index (Phi) is 8.75. The lowest BCUT2D eigenvalue weighted by Crippen LogP contribution is -2.42. The Bertz CT molecular complexity index is 263. The fourth-order valence-corrected chi connectivity index (χ4v) is 1.79. The molecule has 1 rings (SSSR count). The van der Waals surface area contributed by atoms with Gasteiger partial charge in [0.2, 0.25) is 0 Å². The highest BCUT2D eigenvalue weighted by atomic mass is 32.1. The van der Waals surface area contributed by atoms with Crippen LogP contribution in [0.4, 0.5) is 4.79 Å². The zero-order chi connectivity index (χ0) is 13.1. The van der Waals surface area contributed by atoms with E-state index >= 15 is 0 Å². The van der Waals surface area contributed by atoms with Crippen molar-refractivity contribution in [2.75, 3.05) is 0 Å². The molecule has 0 aromatic carbocycles. The number of nitrogens with zero attached hydrogens (tertiary/aromatic N) is 1. The van der Waals surface area contributed by atoms with Gasteiger partial charge in [0, 0.05) is 6.04 Å². The van der Waals surface area contributed by atoms with Crippen LogP contribution in [-0.4, -0.2) is 33.9 Å². The number of hydrogen-bond acceptors (Lipinski definition) is 4. The maximum atomic E-state index is 8.56. The van der Waals surface area contributed by atoms with Gasteiger partial charge in [0.1, 0.15) is 6.34 Å². The summed E-state index contributed by atoms with van der Waals surface area (Å²) < 4.78 is 0. The lowest BCUT2D eigenvalue weighted by atomic mass is 9.96. The van der Waals surface area contributed by atoms with Crippen molar-refractivity contribution in [3.05, 3.63) is 0 Å². The summed E-state index contributed by atoms with van der Waals surface area (Å²) in [6.07, 6.45) is 5.92. The highest BCUT2D eigenvalue weighted by Crippen LogP contribution is 2.16. The lowest BCUT2D eigenvalue weighted by molar-refractivity contribution is 0.137. The topological polar surface area (TPSA) is 120 Å². The van der Waals surface area contributed by atoms with Gasteiger partial charge >= 0.3 is 6.16 Å². The summed E-state index contributed by atoms with van der Waals surface area (Å²) in [5, 5.41) is 23.9. The van der Waals surface area contributed by atoms with E-state index in [1.165, 1.54) is 38.4 Å². The minimum absolute atomic E-state index is 0.528. The molecule has 0 spiro atoms. The van der Waals surface area contributed by atoms with Crippen molar-refractivity contribution in [2.24, 2.45) is 10.9 Å². The van der Waals surface area contributed by atoms with Crippen molar-refractivity contribution in [3.63, 3.8) is 0 Å². The molecule has 6 N–H and O–H groups in total. The van der Waals surface area contributed by atoms with Crippen molar-refractivity contribution in [1.29, 1.82) is 0 Å². The zero-order valence-corrected chi connectivity index (χ0v) is 10.2. The molecular formula is C9H18N4O3S. The second-order valence-corrected chi connectivity index (χ2v) is 3.92. The smallest absolute Gasteiger partial charge is 0.450 e. The van der Waals surface area contributed by atoms with E-state index in [1.54, 1.807) is 0 Å². The number of nitrogens with one attached hydrogen (secondary N) is 2. The van der Waals surface area contributed by atoms with Crippen LogP contribution < -0.4 is 16.5 Å². The molecule has 1 saturated carbocycles. The Morgan fingerprint density at radius 3 is 2.35 bits per heavy atom. The Balaban J connectivity index is 0.000000557. The maximum Gasteiger partial charge on any atom is 0.503 e. The standard InChI is InChI=1S/C8H16N4S.CH2O3/c9-11-6-10-8(13)12-7-4-2-1-3-5-7;2-1(3)4/h6-7H,1-5,9H2,(H2,10,11,12,13);(H2,2,3,4). The molecule has 1 aliphatic rings. The molecule has 0 aromatic heterocycles. The third-order valence-electron chi connectivity index (χ3n) is 2.21. The molecule has 1 fully saturated rings. The van der Waals surface area contributed by atoms with Crippen LogP contribution in [-0.2, 0) is 0 Å². The Morgan fingerprint density at radius 2 is 1.88 bits per heavy atom. The van der Waals surface area contributed by atoms with Gasteiger partial charge in [0.15, 0.2) is 5.11 Å². The van der Waals surface area contributed by atoms with Crippen LogP contribution in [0, 0.1) is 0 Å². The van der Waals surface area contributed by atoms with Crippen molar-refractivity contribution in [1.82, 2.24) is 10.6 Å². The first-order valence-corrected chi connectivity index (χ1v) is 5.67. The predicted octanol–water partition coefficient (Wildman–Crippen LogP) is 0.908. The van der Waals surface area contributed by atoms with Gasteiger partial charge < -0.3 is 26.7 Å². The first-order chi connectivity index (χ1) is 8.06. The van der Waals surface area contributed by atoms with E-state index < -0.39 is 6.16 Å². The summed E-state index contributed by atoms with van der Waals surface area (Å²) in [4.78, 5) is 8.56. The second kappa shape index (κ2) is 9.64. The Morgan fingerprint density at radius 1 is 1.35 bits per heavy atom. The summed E-state index contributed by atoms with van der Waals surface area (Å²) in [5.74, 6) is 4.93. The summed E-state index contributed by atoms with van der Waals surface area (Å²) in [7, 11) is 0. The Labute approximate surface area is 105 Å². The molecule has 8 heteroatoms. The molecule has 0 bridgehead atoms. The van der Waals surface area contributed by atoms with E-state index in [0.29, 0.717) is 11.2 Å². The highest BCUT2D eigenvalue weighted by molar-refractivity contribution is 7.80. The van der Waals surface area contributed by atoms with Gasteiger partial charge in [-0.15, -0.1) is 0 Å². The van der Waals surface area contributed by atoms with Gasteiger partial charge in [-0.25, -0.2) is 4.79 Å². The Hall–Kier alpha value is -1.57. The summed E-state index contributed by atoms with van der Waals surface area (Å²) in [5.41, 5.74) is 0. The largest absolute Gasteiger partial charge is 0.503 e. The normalized spacial score (nSPS) is 15.8. The van der Waals surface area contributed by atoms with Gasteiger partial charge in [-0.3, -0.25) is 0 Å². The molecule has 0 atom stereocenters. The van der Waals surface area contributed by atoms with Crippen LogP contribution in [0.5, 0.6) is 0 Å². The minimum Gasteiger partial charge on any atom is -0.450 e. The molecule has 98 valence electrons. The first-order valence-electron chi connectivity index (χ1n) is 5.27. The summed E-state index contributed by atoms with van der Waals surface area (Å²) in [6, 6.07) is 0.528. The highest BCUT2D eigenvalue weighted by Gasteiger charge is 2.13.